The normalized spacial score (nSPS) is 25.7. The third kappa shape index (κ3) is 2.63. The SMILES string of the molecule is C#CCC1(C(=O)OC)CCCCN1.Cl. The molecular weight excluding hydrogens is 202 g/mol. The maximum Gasteiger partial charge on any atom is 0.327 e. The standard InChI is InChI=1S/C10H15NO2.ClH/c1-3-6-10(9(12)13-2)7-4-5-8-11-10;/h1,11H,4-8H2,2H3;1H. The molecule has 1 unspecified atom stereocenters. The van der Waals surface area contributed by atoms with Crippen molar-refractivity contribution in [2.24, 2.45) is 0 Å². The number of nitrogens with one attached hydrogen (secondary N) is 1. The summed E-state index contributed by atoms with van der Waals surface area (Å²) < 4.78 is 4.75. The molecule has 1 heterocycles. The van der Waals surface area contributed by atoms with Crippen LogP contribution in [-0.2, 0) is 9.53 Å². The van der Waals surface area contributed by atoms with Crippen LogP contribution in [0.2, 0.25) is 0 Å². The summed E-state index contributed by atoms with van der Waals surface area (Å²) in [5, 5.41) is 3.17. The van der Waals surface area contributed by atoms with Gasteiger partial charge in [0.1, 0.15) is 5.54 Å². The second kappa shape index (κ2) is 5.90. The topological polar surface area (TPSA) is 38.3 Å². The predicted molar refractivity (Wildman–Crippen MR) is 57.3 cm³/mol. The zero-order valence-electron chi connectivity index (χ0n) is 8.34. The van der Waals surface area contributed by atoms with Crippen molar-refractivity contribution in [3.8, 4) is 12.3 Å². The van der Waals surface area contributed by atoms with Gasteiger partial charge < -0.3 is 10.1 Å². The minimum atomic E-state index is -0.609. The number of esters is 1. The van der Waals surface area contributed by atoms with E-state index in [1.165, 1.54) is 7.11 Å². The number of carbonyl (C=O) groups excluding carboxylic acids is 1. The number of ether oxygens (including phenoxy) is 1. The molecule has 0 saturated carbocycles. The van der Waals surface area contributed by atoms with Gasteiger partial charge in [0.15, 0.2) is 0 Å². The molecule has 1 N–H and O–H groups in total. The molecule has 1 aliphatic rings. The third-order valence-electron chi connectivity index (χ3n) is 2.47. The highest BCUT2D eigenvalue weighted by Crippen LogP contribution is 2.23. The summed E-state index contributed by atoms with van der Waals surface area (Å²) in [4.78, 5) is 11.5. The molecule has 0 aliphatic carbocycles. The summed E-state index contributed by atoms with van der Waals surface area (Å²) in [5.41, 5.74) is -0.609. The molecule has 3 nitrogen and oxygen atoms in total. The summed E-state index contributed by atoms with van der Waals surface area (Å²) in [5.74, 6) is 2.30. The first-order chi connectivity index (χ1) is 6.25. The van der Waals surface area contributed by atoms with Crippen LogP contribution < -0.4 is 5.32 Å². The quantitative estimate of drug-likeness (QED) is 0.557. The number of methoxy groups -OCH3 is 1. The molecule has 80 valence electrons. The number of hydrogen-bond acceptors (Lipinski definition) is 3. The fourth-order valence-electron chi connectivity index (χ4n) is 1.73. The van der Waals surface area contributed by atoms with E-state index in [9.17, 15) is 4.79 Å². The van der Waals surface area contributed by atoms with Gasteiger partial charge in [0.25, 0.3) is 0 Å². The lowest BCUT2D eigenvalue weighted by Gasteiger charge is -2.34. The zero-order valence-corrected chi connectivity index (χ0v) is 9.15. The van der Waals surface area contributed by atoms with Gasteiger partial charge in [0.2, 0.25) is 0 Å². The maximum atomic E-state index is 11.5. The lowest BCUT2D eigenvalue weighted by Crippen LogP contribution is -2.55. The Morgan fingerprint density at radius 3 is 2.79 bits per heavy atom. The molecule has 0 bridgehead atoms. The van der Waals surface area contributed by atoms with E-state index in [1.54, 1.807) is 0 Å². The van der Waals surface area contributed by atoms with Crippen LogP contribution in [0.15, 0.2) is 0 Å². The van der Waals surface area contributed by atoms with Crippen molar-refractivity contribution in [2.45, 2.75) is 31.2 Å². The fourth-order valence-corrected chi connectivity index (χ4v) is 1.73. The lowest BCUT2D eigenvalue weighted by molar-refractivity contribution is -0.149. The third-order valence-corrected chi connectivity index (χ3v) is 2.47. The van der Waals surface area contributed by atoms with Crippen molar-refractivity contribution >= 4 is 18.4 Å². The summed E-state index contributed by atoms with van der Waals surface area (Å²) in [6.45, 7) is 0.844. The number of carbonyl (C=O) groups is 1. The lowest BCUT2D eigenvalue weighted by atomic mass is 9.86. The highest BCUT2D eigenvalue weighted by atomic mass is 35.5. The first kappa shape index (κ1) is 13.3. The van der Waals surface area contributed by atoms with Crippen LogP contribution in [0.5, 0.6) is 0 Å². The van der Waals surface area contributed by atoms with Gasteiger partial charge in [-0.3, -0.25) is 4.79 Å². The smallest absolute Gasteiger partial charge is 0.327 e. The molecule has 0 aromatic carbocycles. The van der Waals surface area contributed by atoms with Gasteiger partial charge in [-0.1, -0.05) is 0 Å². The van der Waals surface area contributed by atoms with Crippen molar-refractivity contribution in [1.29, 1.82) is 0 Å². The van der Waals surface area contributed by atoms with E-state index in [0.717, 1.165) is 25.8 Å². The largest absolute Gasteiger partial charge is 0.468 e. The molecule has 4 heteroatoms. The van der Waals surface area contributed by atoms with E-state index >= 15 is 0 Å². The average molecular weight is 218 g/mol. The van der Waals surface area contributed by atoms with Crippen LogP contribution in [0.1, 0.15) is 25.7 Å². The van der Waals surface area contributed by atoms with Crippen molar-refractivity contribution < 1.29 is 9.53 Å². The van der Waals surface area contributed by atoms with Crippen LogP contribution in [0, 0.1) is 12.3 Å². The Kier molecular flexibility index (Phi) is 5.59. The highest BCUT2D eigenvalue weighted by molar-refractivity contribution is 5.85. The van der Waals surface area contributed by atoms with Crippen molar-refractivity contribution in [3.63, 3.8) is 0 Å². The summed E-state index contributed by atoms with van der Waals surface area (Å²) in [6, 6.07) is 0. The van der Waals surface area contributed by atoms with E-state index < -0.39 is 5.54 Å². The molecule has 1 fully saturated rings. The van der Waals surface area contributed by atoms with Crippen LogP contribution >= 0.6 is 12.4 Å². The molecule has 1 saturated heterocycles. The fraction of sp³-hybridized carbons (Fsp3) is 0.700. The van der Waals surface area contributed by atoms with E-state index in [-0.39, 0.29) is 18.4 Å². The maximum absolute atomic E-state index is 11.5. The second-order valence-corrected chi connectivity index (χ2v) is 3.34. The van der Waals surface area contributed by atoms with Gasteiger partial charge in [-0.15, -0.1) is 24.8 Å². The Bertz CT molecular complexity index is 229. The zero-order chi connectivity index (χ0) is 9.73. The first-order valence-electron chi connectivity index (χ1n) is 4.52. The molecule has 0 radical (unpaired) electrons. The number of hydrogen-bond donors (Lipinski definition) is 1. The van der Waals surface area contributed by atoms with Gasteiger partial charge in [-0.2, -0.15) is 0 Å². The van der Waals surface area contributed by atoms with Crippen LogP contribution in [-0.4, -0.2) is 25.2 Å². The van der Waals surface area contributed by atoms with Crippen LogP contribution in [0.25, 0.3) is 0 Å². The molecule has 0 aromatic heterocycles. The van der Waals surface area contributed by atoms with Crippen LogP contribution in [0.3, 0.4) is 0 Å². The van der Waals surface area contributed by atoms with E-state index in [4.69, 9.17) is 11.2 Å². The predicted octanol–water partition coefficient (Wildman–Crippen LogP) is 1.12. The average Bonchev–Trinajstić information content (AvgIpc) is 2.18. The monoisotopic (exact) mass is 217 g/mol. The van der Waals surface area contributed by atoms with E-state index in [2.05, 4.69) is 11.2 Å². The Balaban J connectivity index is 0.00000169. The van der Waals surface area contributed by atoms with Crippen molar-refractivity contribution in [1.82, 2.24) is 5.32 Å². The van der Waals surface area contributed by atoms with Crippen molar-refractivity contribution in [3.05, 3.63) is 0 Å². The number of terminal acetylenes is 1. The summed E-state index contributed by atoms with van der Waals surface area (Å²) >= 11 is 0. The molecule has 1 atom stereocenters. The molecule has 1 aliphatic heterocycles. The van der Waals surface area contributed by atoms with Gasteiger partial charge in [0, 0.05) is 6.42 Å². The molecule has 14 heavy (non-hydrogen) atoms. The van der Waals surface area contributed by atoms with E-state index in [0.29, 0.717) is 6.42 Å². The molecular formula is C10H16ClNO2. The Morgan fingerprint density at radius 2 is 2.36 bits per heavy atom. The summed E-state index contributed by atoms with van der Waals surface area (Å²) in [6.07, 6.45) is 8.57. The minimum absolute atomic E-state index is 0. The highest BCUT2D eigenvalue weighted by Gasteiger charge is 2.39. The van der Waals surface area contributed by atoms with Crippen molar-refractivity contribution in [2.75, 3.05) is 13.7 Å². The summed E-state index contributed by atoms with van der Waals surface area (Å²) in [7, 11) is 1.40. The minimum Gasteiger partial charge on any atom is -0.468 e. The number of halogens is 1. The molecule has 0 amide bonds. The molecule has 0 aromatic rings. The van der Waals surface area contributed by atoms with E-state index in [1.807, 2.05) is 0 Å². The molecule has 0 spiro atoms. The van der Waals surface area contributed by atoms with Gasteiger partial charge in [-0.25, -0.2) is 0 Å². The Hall–Kier alpha value is -0.720. The molecule has 1 rings (SSSR count). The van der Waals surface area contributed by atoms with Gasteiger partial charge in [-0.05, 0) is 25.8 Å². The number of piperidine rings is 1. The Morgan fingerprint density at radius 1 is 1.64 bits per heavy atom. The van der Waals surface area contributed by atoms with Gasteiger partial charge in [0.05, 0.1) is 7.11 Å². The number of rotatable bonds is 2. The second-order valence-electron chi connectivity index (χ2n) is 3.34. The first-order valence-corrected chi connectivity index (χ1v) is 4.52. The van der Waals surface area contributed by atoms with Crippen LogP contribution in [0.4, 0.5) is 0 Å². The Labute approximate surface area is 91.0 Å². The van der Waals surface area contributed by atoms with Gasteiger partial charge >= 0.3 is 5.97 Å².